The molecule has 1 saturated heterocycles. The fourth-order valence-corrected chi connectivity index (χ4v) is 3.05. The lowest BCUT2D eigenvalue weighted by molar-refractivity contribution is 0.0347. The topological polar surface area (TPSA) is 26.7 Å². The van der Waals surface area contributed by atoms with Crippen molar-refractivity contribution in [2.24, 2.45) is 0 Å². The molecule has 0 aromatic heterocycles. The van der Waals surface area contributed by atoms with Gasteiger partial charge in [-0.15, -0.1) is 0 Å². The molecule has 3 nitrogen and oxygen atoms in total. The Labute approximate surface area is 93.1 Å². The molecule has 2 rings (SSSR count). The number of aliphatic hydroxyl groups is 1. The quantitative estimate of drug-likeness (QED) is 0.737. The van der Waals surface area contributed by atoms with Crippen LogP contribution >= 0.6 is 0 Å². The van der Waals surface area contributed by atoms with Crippen LogP contribution in [0, 0.1) is 0 Å². The molecule has 3 atom stereocenters. The van der Waals surface area contributed by atoms with E-state index in [-0.39, 0.29) is 6.10 Å². The average Bonchev–Trinajstić information content (AvgIpc) is 2.64. The van der Waals surface area contributed by atoms with Gasteiger partial charge in [0.25, 0.3) is 0 Å². The maximum absolute atomic E-state index is 9.91. The van der Waals surface area contributed by atoms with E-state index in [0.717, 1.165) is 13.0 Å². The standard InChI is InChI=1S/C12H24N2O/c1-13(2)10-5-4-8-14(9-10)11-6-3-7-12(11)15/h10-12,15H,3-9H2,1-2H3/t10?,11-,12-/m0/s1. The SMILES string of the molecule is CN(C)C1CCCN([C@H]2CCC[C@@H]2O)C1. The number of hydrogen-bond donors (Lipinski definition) is 1. The maximum atomic E-state index is 9.91. The Kier molecular flexibility index (Phi) is 3.65. The highest BCUT2D eigenvalue weighted by Crippen LogP contribution is 2.27. The molecule has 2 fully saturated rings. The van der Waals surface area contributed by atoms with Gasteiger partial charge in [0.15, 0.2) is 0 Å². The fraction of sp³-hybridized carbons (Fsp3) is 1.00. The van der Waals surface area contributed by atoms with E-state index in [9.17, 15) is 5.11 Å². The Morgan fingerprint density at radius 2 is 1.93 bits per heavy atom. The van der Waals surface area contributed by atoms with Gasteiger partial charge in [0.05, 0.1) is 6.10 Å². The van der Waals surface area contributed by atoms with E-state index in [1.165, 1.54) is 32.2 Å². The smallest absolute Gasteiger partial charge is 0.0695 e. The summed E-state index contributed by atoms with van der Waals surface area (Å²) in [5, 5.41) is 9.91. The van der Waals surface area contributed by atoms with Gasteiger partial charge in [-0.2, -0.15) is 0 Å². The lowest BCUT2D eigenvalue weighted by Crippen LogP contribution is -2.51. The van der Waals surface area contributed by atoms with Gasteiger partial charge >= 0.3 is 0 Å². The first kappa shape index (κ1) is 11.4. The highest BCUT2D eigenvalue weighted by atomic mass is 16.3. The van der Waals surface area contributed by atoms with Crippen LogP contribution in [0.1, 0.15) is 32.1 Å². The zero-order valence-corrected chi connectivity index (χ0v) is 10.0. The monoisotopic (exact) mass is 212 g/mol. The minimum atomic E-state index is -0.0640. The fourth-order valence-electron chi connectivity index (χ4n) is 3.05. The van der Waals surface area contributed by atoms with Gasteiger partial charge in [0, 0.05) is 18.6 Å². The molecule has 1 N–H and O–H groups in total. The molecule has 1 aliphatic heterocycles. The molecule has 88 valence electrons. The molecule has 1 saturated carbocycles. The predicted octanol–water partition coefficient (Wildman–Crippen LogP) is 0.926. The number of likely N-dealkylation sites (N-methyl/N-ethyl adjacent to an activating group) is 1. The van der Waals surface area contributed by atoms with Crippen molar-refractivity contribution in [1.29, 1.82) is 0 Å². The molecular weight excluding hydrogens is 188 g/mol. The van der Waals surface area contributed by atoms with Gasteiger partial charge in [0.2, 0.25) is 0 Å². The third-order valence-corrected chi connectivity index (χ3v) is 4.07. The van der Waals surface area contributed by atoms with Crippen molar-refractivity contribution in [3.63, 3.8) is 0 Å². The zero-order chi connectivity index (χ0) is 10.8. The number of rotatable bonds is 2. The van der Waals surface area contributed by atoms with Gasteiger partial charge in [0.1, 0.15) is 0 Å². The Balaban J connectivity index is 1.92. The van der Waals surface area contributed by atoms with Gasteiger partial charge in [-0.1, -0.05) is 0 Å². The summed E-state index contributed by atoms with van der Waals surface area (Å²) in [6.45, 7) is 2.33. The van der Waals surface area contributed by atoms with Gasteiger partial charge in [-0.25, -0.2) is 0 Å². The van der Waals surface area contributed by atoms with Crippen LogP contribution in [0.5, 0.6) is 0 Å². The third-order valence-electron chi connectivity index (χ3n) is 4.07. The number of hydrogen-bond acceptors (Lipinski definition) is 3. The zero-order valence-electron chi connectivity index (χ0n) is 10.0. The van der Waals surface area contributed by atoms with Crippen molar-refractivity contribution in [2.45, 2.75) is 50.3 Å². The Bertz CT molecular complexity index is 208. The van der Waals surface area contributed by atoms with Crippen LogP contribution in [-0.4, -0.2) is 60.3 Å². The van der Waals surface area contributed by atoms with Gasteiger partial charge in [-0.3, -0.25) is 4.90 Å². The molecule has 1 aliphatic carbocycles. The van der Waals surface area contributed by atoms with E-state index < -0.39 is 0 Å². The van der Waals surface area contributed by atoms with E-state index in [4.69, 9.17) is 0 Å². The minimum absolute atomic E-state index is 0.0640. The summed E-state index contributed by atoms with van der Waals surface area (Å²) < 4.78 is 0. The summed E-state index contributed by atoms with van der Waals surface area (Å²) in [7, 11) is 4.33. The summed E-state index contributed by atoms with van der Waals surface area (Å²) in [6.07, 6.45) is 5.94. The van der Waals surface area contributed by atoms with Crippen molar-refractivity contribution < 1.29 is 5.11 Å². The predicted molar refractivity (Wildman–Crippen MR) is 61.9 cm³/mol. The highest BCUT2D eigenvalue weighted by Gasteiger charge is 2.33. The molecule has 0 amide bonds. The largest absolute Gasteiger partial charge is 0.391 e. The van der Waals surface area contributed by atoms with E-state index >= 15 is 0 Å². The number of likely N-dealkylation sites (tertiary alicyclic amines) is 1. The molecule has 1 heterocycles. The summed E-state index contributed by atoms with van der Waals surface area (Å²) in [4.78, 5) is 4.85. The summed E-state index contributed by atoms with van der Waals surface area (Å²) in [5.41, 5.74) is 0. The highest BCUT2D eigenvalue weighted by molar-refractivity contribution is 4.89. The molecular formula is C12H24N2O. The molecule has 0 spiro atoms. The summed E-state index contributed by atoms with van der Waals surface area (Å²) >= 11 is 0. The Morgan fingerprint density at radius 3 is 2.53 bits per heavy atom. The number of nitrogens with zero attached hydrogens (tertiary/aromatic N) is 2. The number of aliphatic hydroxyl groups excluding tert-OH is 1. The first-order valence-corrected chi connectivity index (χ1v) is 6.27. The van der Waals surface area contributed by atoms with E-state index in [1.54, 1.807) is 0 Å². The maximum Gasteiger partial charge on any atom is 0.0695 e. The third kappa shape index (κ3) is 2.52. The minimum Gasteiger partial charge on any atom is -0.391 e. The molecule has 3 heteroatoms. The van der Waals surface area contributed by atoms with Crippen LogP contribution in [0.4, 0.5) is 0 Å². The van der Waals surface area contributed by atoms with Crippen molar-refractivity contribution in [2.75, 3.05) is 27.2 Å². The first-order valence-electron chi connectivity index (χ1n) is 6.27. The van der Waals surface area contributed by atoms with Crippen LogP contribution in [0.25, 0.3) is 0 Å². The molecule has 0 aromatic rings. The molecule has 2 aliphatic rings. The van der Waals surface area contributed by atoms with Crippen LogP contribution in [0.3, 0.4) is 0 Å². The lowest BCUT2D eigenvalue weighted by Gasteiger charge is -2.40. The average molecular weight is 212 g/mol. The van der Waals surface area contributed by atoms with Crippen molar-refractivity contribution in [3.05, 3.63) is 0 Å². The van der Waals surface area contributed by atoms with Crippen LogP contribution in [0.15, 0.2) is 0 Å². The van der Waals surface area contributed by atoms with Gasteiger partial charge in [-0.05, 0) is 52.7 Å². The number of piperidine rings is 1. The molecule has 15 heavy (non-hydrogen) atoms. The molecule has 1 unspecified atom stereocenters. The normalized spacial score (nSPS) is 38.8. The Hall–Kier alpha value is -0.120. The van der Waals surface area contributed by atoms with Crippen LogP contribution < -0.4 is 0 Å². The van der Waals surface area contributed by atoms with Gasteiger partial charge < -0.3 is 10.0 Å². The summed E-state index contributed by atoms with van der Waals surface area (Å²) in [5.74, 6) is 0. The van der Waals surface area contributed by atoms with E-state index in [2.05, 4.69) is 23.9 Å². The van der Waals surface area contributed by atoms with Crippen molar-refractivity contribution in [3.8, 4) is 0 Å². The Morgan fingerprint density at radius 1 is 1.13 bits per heavy atom. The molecule has 0 aromatic carbocycles. The molecule has 0 bridgehead atoms. The van der Waals surface area contributed by atoms with Crippen molar-refractivity contribution >= 4 is 0 Å². The lowest BCUT2D eigenvalue weighted by atomic mass is 10.0. The van der Waals surface area contributed by atoms with Crippen molar-refractivity contribution in [1.82, 2.24) is 9.80 Å². The second-order valence-electron chi connectivity index (χ2n) is 5.32. The van der Waals surface area contributed by atoms with E-state index in [0.29, 0.717) is 12.1 Å². The first-order chi connectivity index (χ1) is 7.18. The second kappa shape index (κ2) is 4.81. The summed E-state index contributed by atoms with van der Waals surface area (Å²) in [6, 6.07) is 1.14. The van der Waals surface area contributed by atoms with Crippen LogP contribution in [0.2, 0.25) is 0 Å². The molecule has 0 radical (unpaired) electrons. The van der Waals surface area contributed by atoms with Crippen LogP contribution in [-0.2, 0) is 0 Å². The second-order valence-corrected chi connectivity index (χ2v) is 5.32. The van der Waals surface area contributed by atoms with E-state index in [1.807, 2.05) is 0 Å².